The number of methoxy groups -OCH3 is 3. The summed E-state index contributed by atoms with van der Waals surface area (Å²) in [5, 5.41) is 0. The van der Waals surface area contributed by atoms with Crippen molar-refractivity contribution in [1.82, 2.24) is 0 Å². The second kappa shape index (κ2) is 5.37. The molecule has 2 rings (SSSR count). The van der Waals surface area contributed by atoms with Gasteiger partial charge in [-0.3, -0.25) is 0 Å². The van der Waals surface area contributed by atoms with Crippen LogP contribution < -0.4 is 14.2 Å². The first-order valence-corrected chi connectivity index (χ1v) is 6.63. The molecule has 0 spiro atoms. The maximum Gasteiger partial charge on any atom is 0.141 e. The van der Waals surface area contributed by atoms with Gasteiger partial charge in [0.1, 0.15) is 22.8 Å². The largest absolute Gasteiger partial charge is 0.496 e. The normalized spacial score (nSPS) is 17.1. The van der Waals surface area contributed by atoms with Crippen LogP contribution in [0.25, 0.3) is 6.08 Å². The zero-order chi connectivity index (χ0) is 14.9. The highest BCUT2D eigenvalue weighted by atomic mass is 16.5. The Morgan fingerprint density at radius 2 is 1.75 bits per heavy atom. The first kappa shape index (κ1) is 14.7. The topological polar surface area (TPSA) is 36.9 Å². The summed E-state index contributed by atoms with van der Waals surface area (Å²) in [5.41, 5.74) is 1.46. The van der Waals surface area contributed by atoms with Crippen molar-refractivity contribution in [2.75, 3.05) is 21.3 Å². The van der Waals surface area contributed by atoms with E-state index in [4.69, 9.17) is 18.9 Å². The van der Waals surface area contributed by atoms with Crippen LogP contribution in [0.5, 0.6) is 17.2 Å². The lowest BCUT2D eigenvalue weighted by molar-refractivity contribution is 0.103. The van der Waals surface area contributed by atoms with Crippen molar-refractivity contribution in [2.45, 2.75) is 32.5 Å². The molecule has 4 nitrogen and oxygen atoms in total. The molecule has 1 aliphatic heterocycles. The predicted octanol–water partition coefficient (Wildman–Crippen LogP) is 3.60. The van der Waals surface area contributed by atoms with Crippen LogP contribution in [0.1, 0.15) is 38.0 Å². The second-order valence-corrected chi connectivity index (χ2v) is 5.35. The first-order valence-electron chi connectivity index (χ1n) is 6.63. The predicted molar refractivity (Wildman–Crippen MR) is 78.7 cm³/mol. The van der Waals surface area contributed by atoms with Crippen LogP contribution in [0.3, 0.4) is 0 Å². The summed E-state index contributed by atoms with van der Waals surface area (Å²) in [6, 6.07) is 1.87. The van der Waals surface area contributed by atoms with Gasteiger partial charge in [0, 0.05) is 13.2 Å². The molecule has 0 saturated carbocycles. The van der Waals surface area contributed by atoms with Crippen molar-refractivity contribution in [1.29, 1.82) is 0 Å². The molecule has 0 N–H and O–H groups in total. The Hall–Kier alpha value is -1.68. The summed E-state index contributed by atoms with van der Waals surface area (Å²) in [5.74, 6) is 2.21. The molecule has 0 saturated heterocycles. The van der Waals surface area contributed by atoms with Gasteiger partial charge in [0.15, 0.2) is 0 Å². The van der Waals surface area contributed by atoms with Crippen LogP contribution in [0.15, 0.2) is 12.1 Å². The average Bonchev–Trinajstić information content (AvgIpc) is 2.43. The lowest BCUT2D eigenvalue weighted by Crippen LogP contribution is -2.28. The van der Waals surface area contributed by atoms with E-state index in [-0.39, 0.29) is 11.7 Å². The minimum atomic E-state index is -0.368. The Balaban J connectivity index is 2.71. The van der Waals surface area contributed by atoms with Crippen LogP contribution in [-0.4, -0.2) is 26.9 Å². The fourth-order valence-corrected chi connectivity index (χ4v) is 2.33. The van der Waals surface area contributed by atoms with Gasteiger partial charge in [-0.1, -0.05) is 0 Å². The molecule has 0 radical (unpaired) electrons. The van der Waals surface area contributed by atoms with Gasteiger partial charge < -0.3 is 18.9 Å². The number of hydrogen-bond acceptors (Lipinski definition) is 4. The summed E-state index contributed by atoms with van der Waals surface area (Å²) in [6.07, 6.45) is 3.92. The summed E-state index contributed by atoms with van der Waals surface area (Å²) >= 11 is 0. The summed E-state index contributed by atoms with van der Waals surface area (Å²) in [6.45, 7) is 6.00. The van der Waals surface area contributed by atoms with E-state index in [9.17, 15) is 0 Å². The Labute approximate surface area is 120 Å². The molecule has 1 heterocycles. The molecule has 0 amide bonds. The quantitative estimate of drug-likeness (QED) is 0.843. The van der Waals surface area contributed by atoms with Crippen molar-refractivity contribution in [2.24, 2.45) is 0 Å². The summed E-state index contributed by atoms with van der Waals surface area (Å²) < 4.78 is 22.5. The Kier molecular flexibility index (Phi) is 3.95. The fraction of sp³-hybridized carbons (Fsp3) is 0.500. The molecule has 1 atom stereocenters. The van der Waals surface area contributed by atoms with Crippen molar-refractivity contribution in [3.63, 3.8) is 0 Å². The third-order valence-electron chi connectivity index (χ3n) is 3.50. The minimum absolute atomic E-state index is 0.132. The number of benzene rings is 1. The average molecular weight is 278 g/mol. The van der Waals surface area contributed by atoms with Crippen LogP contribution >= 0.6 is 0 Å². The van der Waals surface area contributed by atoms with E-state index < -0.39 is 0 Å². The highest BCUT2D eigenvalue weighted by Crippen LogP contribution is 2.47. The van der Waals surface area contributed by atoms with Gasteiger partial charge in [-0.25, -0.2) is 0 Å². The van der Waals surface area contributed by atoms with Crippen LogP contribution in [0.2, 0.25) is 0 Å². The molecule has 0 aliphatic carbocycles. The van der Waals surface area contributed by atoms with Crippen LogP contribution in [0.4, 0.5) is 0 Å². The third-order valence-corrected chi connectivity index (χ3v) is 3.50. The highest BCUT2D eigenvalue weighted by Gasteiger charge is 2.30. The molecule has 0 aromatic heterocycles. The Bertz CT molecular complexity index is 532. The van der Waals surface area contributed by atoms with Crippen molar-refractivity contribution in [3.8, 4) is 17.2 Å². The molecule has 0 bridgehead atoms. The number of fused-ring (bicyclic) bond motifs is 1. The van der Waals surface area contributed by atoms with Gasteiger partial charge in [-0.15, -0.1) is 0 Å². The molecule has 4 heteroatoms. The minimum Gasteiger partial charge on any atom is -0.496 e. The van der Waals surface area contributed by atoms with E-state index in [1.807, 2.05) is 39.0 Å². The SMILES string of the molecule is COc1cc(OC)c([C@@H](C)OC)c2c1C=CC(C)(C)O2. The summed E-state index contributed by atoms with van der Waals surface area (Å²) in [4.78, 5) is 0. The molecular formula is C16H22O4. The third kappa shape index (κ3) is 2.48. The number of hydrogen-bond donors (Lipinski definition) is 0. The lowest BCUT2D eigenvalue weighted by atomic mass is 9.96. The second-order valence-electron chi connectivity index (χ2n) is 5.35. The van der Waals surface area contributed by atoms with Crippen molar-refractivity contribution in [3.05, 3.63) is 23.3 Å². The molecule has 0 unspecified atom stereocenters. The van der Waals surface area contributed by atoms with Gasteiger partial charge in [-0.05, 0) is 32.9 Å². The number of ether oxygens (including phenoxy) is 4. The Morgan fingerprint density at radius 1 is 1.10 bits per heavy atom. The first-order chi connectivity index (χ1) is 9.43. The molecule has 0 fully saturated rings. The maximum absolute atomic E-state index is 6.13. The van der Waals surface area contributed by atoms with E-state index in [2.05, 4.69) is 0 Å². The van der Waals surface area contributed by atoms with Gasteiger partial charge in [0.2, 0.25) is 0 Å². The van der Waals surface area contributed by atoms with Crippen LogP contribution in [0, 0.1) is 0 Å². The maximum atomic E-state index is 6.13. The Morgan fingerprint density at radius 3 is 2.30 bits per heavy atom. The zero-order valence-electron chi connectivity index (χ0n) is 12.9. The van der Waals surface area contributed by atoms with E-state index >= 15 is 0 Å². The molecule has 110 valence electrons. The fourth-order valence-electron chi connectivity index (χ4n) is 2.33. The smallest absolute Gasteiger partial charge is 0.141 e. The highest BCUT2D eigenvalue weighted by molar-refractivity contribution is 5.72. The van der Waals surface area contributed by atoms with Gasteiger partial charge in [0.25, 0.3) is 0 Å². The van der Waals surface area contributed by atoms with E-state index in [1.165, 1.54) is 0 Å². The standard InChI is InChI=1S/C16H22O4/c1-10(17-4)14-13(19-6)9-12(18-5)11-7-8-16(2,3)20-15(11)14/h7-10H,1-6H3/t10-/m1/s1. The van der Waals surface area contributed by atoms with E-state index in [0.29, 0.717) is 5.75 Å². The zero-order valence-corrected chi connectivity index (χ0v) is 12.9. The van der Waals surface area contributed by atoms with Crippen molar-refractivity contribution < 1.29 is 18.9 Å². The van der Waals surface area contributed by atoms with E-state index in [0.717, 1.165) is 22.6 Å². The van der Waals surface area contributed by atoms with Gasteiger partial charge in [-0.2, -0.15) is 0 Å². The monoisotopic (exact) mass is 278 g/mol. The van der Waals surface area contributed by atoms with E-state index in [1.54, 1.807) is 21.3 Å². The van der Waals surface area contributed by atoms with Crippen LogP contribution in [-0.2, 0) is 4.74 Å². The number of rotatable bonds is 4. The molecule has 1 aromatic rings. The molecule has 1 aliphatic rings. The molecular weight excluding hydrogens is 256 g/mol. The van der Waals surface area contributed by atoms with Gasteiger partial charge in [0.05, 0.1) is 31.5 Å². The van der Waals surface area contributed by atoms with Crippen molar-refractivity contribution >= 4 is 6.08 Å². The summed E-state index contributed by atoms with van der Waals surface area (Å²) in [7, 11) is 4.95. The molecule has 20 heavy (non-hydrogen) atoms. The van der Waals surface area contributed by atoms with Gasteiger partial charge >= 0.3 is 0 Å². The molecule has 1 aromatic carbocycles. The lowest BCUT2D eigenvalue weighted by Gasteiger charge is -2.32.